The molecule has 164 valence electrons. The van der Waals surface area contributed by atoms with Crippen molar-refractivity contribution in [1.29, 1.82) is 0 Å². The van der Waals surface area contributed by atoms with E-state index in [-0.39, 0.29) is 16.9 Å². The highest BCUT2D eigenvalue weighted by Gasteiger charge is 2.17. The highest BCUT2D eigenvalue weighted by molar-refractivity contribution is 7.80. The summed E-state index contributed by atoms with van der Waals surface area (Å²) in [4.78, 5) is 27.0. The summed E-state index contributed by atoms with van der Waals surface area (Å²) in [5.74, 6) is 0.497. The van der Waals surface area contributed by atoms with Crippen molar-refractivity contribution in [2.24, 2.45) is 0 Å². The first-order chi connectivity index (χ1) is 15.1. The molecule has 1 fully saturated rings. The molecule has 2 N–H and O–H groups in total. The number of hydrogen-bond donors (Lipinski definition) is 2. The van der Waals surface area contributed by atoms with Crippen LogP contribution >= 0.6 is 12.2 Å². The molecule has 0 spiro atoms. The van der Waals surface area contributed by atoms with E-state index in [2.05, 4.69) is 10.6 Å². The molecule has 0 radical (unpaired) electrons. The molecule has 1 heterocycles. The predicted octanol–water partition coefficient (Wildman–Crippen LogP) is 4.62. The fourth-order valence-corrected chi connectivity index (χ4v) is 3.62. The van der Waals surface area contributed by atoms with Gasteiger partial charge in [0, 0.05) is 29.9 Å². The van der Waals surface area contributed by atoms with Crippen molar-refractivity contribution in [2.75, 3.05) is 25.0 Å². The number of amides is 2. The topological polar surface area (TPSA) is 70.7 Å². The first-order valence-electron chi connectivity index (χ1n) is 10.8. The average molecular weight is 440 g/mol. The van der Waals surface area contributed by atoms with Crippen LogP contribution in [0.2, 0.25) is 0 Å². The molecule has 31 heavy (non-hydrogen) atoms. The number of benzene rings is 2. The van der Waals surface area contributed by atoms with Gasteiger partial charge in [0.25, 0.3) is 11.8 Å². The first-order valence-corrected chi connectivity index (χ1v) is 11.2. The Balaban J connectivity index is 1.51. The lowest BCUT2D eigenvalue weighted by molar-refractivity contribution is 0.0761. The minimum atomic E-state index is -0.299. The van der Waals surface area contributed by atoms with E-state index in [1.807, 2.05) is 11.8 Å². The van der Waals surface area contributed by atoms with Crippen LogP contribution in [0, 0.1) is 0 Å². The van der Waals surface area contributed by atoms with Crippen molar-refractivity contribution in [3.8, 4) is 5.75 Å². The molecule has 0 unspecified atom stereocenters. The molecule has 1 aliphatic rings. The van der Waals surface area contributed by atoms with Gasteiger partial charge in [0.15, 0.2) is 5.11 Å². The maximum Gasteiger partial charge on any atom is 0.257 e. The van der Waals surface area contributed by atoms with Gasteiger partial charge in [0.2, 0.25) is 0 Å². The van der Waals surface area contributed by atoms with Crippen molar-refractivity contribution in [3.63, 3.8) is 0 Å². The predicted molar refractivity (Wildman–Crippen MR) is 127 cm³/mol. The van der Waals surface area contributed by atoms with Crippen molar-refractivity contribution in [3.05, 3.63) is 59.7 Å². The van der Waals surface area contributed by atoms with E-state index in [4.69, 9.17) is 17.0 Å². The van der Waals surface area contributed by atoms with Crippen LogP contribution in [0.4, 0.5) is 5.69 Å². The Morgan fingerprint density at radius 1 is 0.935 bits per heavy atom. The third kappa shape index (κ3) is 6.79. The zero-order valence-corrected chi connectivity index (χ0v) is 18.7. The summed E-state index contributed by atoms with van der Waals surface area (Å²) in [6.45, 7) is 4.32. The maximum absolute atomic E-state index is 12.7. The summed E-state index contributed by atoms with van der Waals surface area (Å²) in [5, 5.41) is 5.85. The smallest absolute Gasteiger partial charge is 0.257 e. The molecule has 3 rings (SSSR count). The number of likely N-dealkylation sites (tertiary alicyclic amines) is 1. The van der Waals surface area contributed by atoms with E-state index in [1.54, 1.807) is 48.5 Å². The molecule has 6 nitrogen and oxygen atoms in total. The average Bonchev–Trinajstić information content (AvgIpc) is 3.07. The minimum Gasteiger partial charge on any atom is -0.494 e. The number of nitrogens with zero attached hydrogens (tertiary/aromatic N) is 1. The van der Waals surface area contributed by atoms with Crippen LogP contribution < -0.4 is 15.4 Å². The van der Waals surface area contributed by atoms with E-state index < -0.39 is 0 Å². The number of carbonyl (C=O) groups excluding carboxylic acids is 2. The van der Waals surface area contributed by atoms with E-state index in [1.165, 1.54) is 12.8 Å². The van der Waals surface area contributed by atoms with Gasteiger partial charge in [-0.25, -0.2) is 0 Å². The van der Waals surface area contributed by atoms with E-state index in [0.717, 1.165) is 38.1 Å². The lowest BCUT2D eigenvalue weighted by Crippen LogP contribution is -2.34. The molecule has 2 aromatic rings. The largest absolute Gasteiger partial charge is 0.494 e. The molecule has 0 bridgehead atoms. The molecule has 0 atom stereocenters. The fraction of sp³-hybridized carbons (Fsp3) is 0.375. The van der Waals surface area contributed by atoms with E-state index in [0.29, 0.717) is 23.4 Å². The van der Waals surface area contributed by atoms with Crippen LogP contribution in [-0.2, 0) is 0 Å². The third-order valence-electron chi connectivity index (χ3n) is 5.10. The molecular formula is C24H29N3O3S. The Kier molecular flexibility index (Phi) is 8.41. The first kappa shape index (κ1) is 22.7. The number of rotatable bonds is 6. The lowest BCUT2D eigenvalue weighted by Gasteiger charge is -2.20. The van der Waals surface area contributed by atoms with Crippen molar-refractivity contribution >= 4 is 34.8 Å². The molecule has 1 saturated heterocycles. The Morgan fingerprint density at radius 2 is 1.55 bits per heavy atom. The summed E-state index contributed by atoms with van der Waals surface area (Å²) in [5.41, 5.74) is 1.86. The summed E-state index contributed by atoms with van der Waals surface area (Å²) in [7, 11) is 0. The molecule has 7 heteroatoms. The highest BCUT2D eigenvalue weighted by atomic mass is 32.1. The molecule has 2 aromatic carbocycles. The zero-order valence-electron chi connectivity index (χ0n) is 17.9. The SMILES string of the molecule is CCCOc1ccc(C(=O)NC(=S)Nc2ccc(C(=O)N3CCCCCC3)cc2)cc1. The van der Waals surface area contributed by atoms with Gasteiger partial charge in [-0.1, -0.05) is 19.8 Å². The molecule has 2 amide bonds. The standard InChI is InChI=1S/C24H29N3O3S/c1-2-17-30-21-13-9-18(10-14-21)22(28)26-24(31)25-20-11-7-19(8-12-20)23(29)27-15-5-3-4-6-16-27/h7-14H,2-6,15-17H2,1H3,(H2,25,26,28,31). The molecular weight excluding hydrogens is 410 g/mol. The van der Waals surface area contributed by atoms with Crippen LogP contribution in [0.5, 0.6) is 5.75 Å². The van der Waals surface area contributed by atoms with Gasteiger partial charge in [0.05, 0.1) is 6.61 Å². The quantitative estimate of drug-likeness (QED) is 0.643. The normalized spacial score (nSPS) is 13.8. The van der Waals surface area contributed by atoms with Crippen molar-refractivity contribution < 1.29 is 14.3 Å². The molecule has 1 aliphatic heterocycles. The number of ether oxygens (including phenoxy) is 1. The van der Waals surface area contributed by atoms with Gasteiger partial charge in [-0.15, -0.1) is 0 Å². The summed E-state index contributed by atoms with van der Waals surface area (Å²) in [6, 6.07) is 14.1. The van der Waals surface area contributed by atoms with Gasteiger partial charge in [0.1, 0.15) is 5.75 Å². The fourth-order valence-electron chi connectivity index (χ4n) is 3.41. The maximum atomic E-state index is 12.7. The van der Waals surface area contributed by atoms with Crippen LogP contribution in [0.15, 0.2) is 48.5 Å². The van der Waals surface area contributed by atoms with Gasteiger partial charge in [-0.05, 0) is 80.0 Å². The van der Waals surface area contributed by atoms with E-state index >= 15 is 0 Å². The highest BCUT2D eigenvalue weighted by Crippen LogP contribution is 2.16. The lowest BCUT2D eigenvalue weighted by atomic mass is 10.1. The number of nitrogens with one attached hydrogen (secondary N) is 2. The molecule has 0 aromatic heterocycles. The second-order valence-corrected chi connectivity index (χ2v) is 7.97. The summed E-state index contributed by atoms with van der Waals surface area (Å²) < 4.78 is 5.52. The minimum absolute atomic E-state index is 0.0655. The number of thiocarbonyl (C=S) groups is 1. The van der Waals surface area contributed by atoms with Crippen LogP contribution in [0.25, 0.3) is 0 Å². The second-order valence-electron chi connectivity index (χ2n) is 7.56. The van der Waals surface area contributed by atoms with Crippen molar-refractivity contribution in [1.82, 2.24) is 10.2 Å². The van der Waals surface area contributed by atoms with Gasteiger partial charge >= 0.3 is 0 Å². The second kappa shape index (κ2) is 11.5. The van der Waals surface area contributed by atoms with Crippen LogP contribution in [0.3, 0.4) is 0 Å². The molecule has 0 aliphatic carbocycles. The number of anilines is 1. The monoisotopic (exact) mass is 439 g/mol. The summed E-state index contributed by atoms with van der Waals surface area (Å²) >= 11 is 5.25. The van der Waals surface area contributed by atoms with Gasteiger partial charge in [-0.3, -0.25) is 14.9 Å². The van der Waals surface area contributed by atoms with Gasteiger partial charge < -0.3 is 15.0 Å². The van der Waals surface area contributed by atoms with Crippen LogP contribution in [0.1, 0.15) is 59.7 Å². The number of carbonyl (C=O) groups is 2. The molecule has 0 saturated carbocycles. The van der Waals surface area contributed by atoms with Crippen LogP contribution in [-0.4, -0.2) is 41.5 Å². The van der Waals surface area contributed by atoms with E-state index in [9.17, 15) is 9.59 Å². The number of hydrogen-bond acceptors (Lipinski definition) is 4. The Morgan fingerprint density at radius 3 is 2.16 bits per heavy atom. The summed E-state index contributed by atoms with van der Waals surface area (Å²) in [6.07, 6.45) is 5.43. The Labute approximate surface area is 189 Å². The third-order valence-corrected chi connectivity index (χ3v) is 5.30. The zero-order chi connectivity index (χ0) is 22.1. The van der Waals surface area contributed by atoms with Gasteiger partial charge in [-0.2, -0.15) is 0 Å². The Bertz CT molecular complexity index is 889. The van der Waals surface area contributed by atoms with Crippen molar-refractivity contribution in [2.45, 2.75) is 39.0 Å². The Hall–Kier alpha value is -2.93.